The quantitative estimate of drug-likeness (QED) is 0.708. The summed E-state index contributed by atoms with van der Waals surface area (Å²) in [7, 11) is 0. The maximum absolute atomic E-state index is 10.9. The SMILES string of the molecule is CC(N)CC(CC(C)N)c1cccc(C(=O)O)n1. The minimum atomic E-state index is -1.02. The van der Waals surface area contributed by atoms with Gasteiger partial charge in [0, 0.05) is 23.7 Å². The Morgan fingerprint density at radius 2 is 1.83 bits per heavy atom. The van der Waals surface area contributed by atoms with E-state index < -0.39 is 5.97 Å². The molecule has 100 valence electrons. The summed E-state index contributed by atoms with van der Waals surface area (Å²) in [5.41, 5.74) is 12.5. The Hall–Kier alpha value is -1.46. The van der Waals surface area contributed by atoms with Crippen LogP contribution < -0.4 is 11.5 Å². The first-order chi connectivity index (χ1) is 8.40. The first-order valence-electron chi connectivity index (χ1n) is 6.11. The lowest BCUT2D eigenvalue weighted by atomic mass is 9.91. The lowest BCUT2D eigenvalue weighted by molar-refractivity contribution is 0.0690. The smallest absolute Gasteiger partial charge is 0.354 e. The van der Waals surface area contributed by atoms with Crippen LogP contribution in [0.25, 0.3) is 0 Å². The Labute approximate surface area is 107 Å². The number of carbonyl (C=O) groups is 1. The highest BCUT2D eigenvalue weighted by atomic mass is 16.4. The molecule has 1 rings (SSSR count). The predicted molar refractivity (Wildman–Crippen MR) is 70.5 cm³/mol. The average Bonchev–Trinajstić information content (AvgIpc) is 2.27. The molecule has 0 saturated heterocycles. The van der Waals surface area contributed by atoms with Crippen LogP contribution in [0.1, 0.15) is 48.8 Å². The van der Waals surface area contributed by atoms with E-state index in [9.17, 15) is 4.79 Å². The van der Waals surface area contributed by atoms with Crippen LogP contribution in [0, 0.1) is 0 Å². The molecule has 5 N–H and O–H groups in total. The molecule has 1 heterocycles. The van der Waals surface area contributed by atoms with Crippen molar-refractivity contribution in [2.45, 2.75) is 44.7 Å². The van der Waals surface area contributed by atoms with Gasteiger partial charge in [-0.1, -0.05) is 6.07 Å². The standard InChI is InChI=1S/C13H21N3O2/c1-8(14)6-10(7-9(2)15)11-4-3-5-12(16-11)13(17)18/h3-5,8-10H,6-7,14-15H2,1-2H3,(H,17,18). The van der Waals surface area contributed by atoms with Crippen molar-refractivity contribution < 1.29 is 9.90 Å². The lowest BCUT2D eigenvalue weighted by Crippen LogP contribution is -2.25. The first kappa shape index (κ1) is 14.6. The molecule has 5 nitrogen and oxygen atoms in total. The van der Waals surface area contributed by atoms with Gasteiger partial charge in [0.2, 0.25) is 0 Å². The van der Waals surface area contributed by atoms with Crippen LogP contribution in [0.15, 0.2) is 18.2 Å². The molecule has 18 heavy (non-hydrogen) atoms. The van der Waals surface area contributed by atoms with E-state index in [2.05, 4.69) is 4.98 Å². The van der Waals surface area contributed by atoms with Gasteiger partial charge in [-0.3, -0.25) is 0 Å². The molecular weight excluding hydrogens is 230 g/mol. The number of nitrogens with two attached hydrogens (primary N) is 2. The molecule has 0 aliphatic rings. The van der Waals surface area contributed by atoms with Crippen molar-refractivity contribution in [2.75, 3.05) is 0 Å². The van der Waals surface area contributed by atoms with Gasteiger partial charge in [0.25, 0.3) is 0 Å². The lowest BCUT2D eigenvalue weighted by Gasteiger charge is -2.20. The Kier molecular flexibility index (Phi) is 5.25. The highest BCUT2D eigenvalue weighted by molar-refractivity contribution is 5.85. The van der Waals surface area contributed by atoms with Crippen LogP contribution in [0.5, 0.6) is 0 Å². The summed E-state index contributed by atoms with van der Waals surface area (Å²) in [5.74, 6) is -0.915. The van der Waals surface area contributed by atoms with E-state index in [0.717, 1.165) is 18.5 Å². The van der Waals surface area contributed by atoms with Crippen LogP contribution in [0.3, 0.4) is 0 Å². The van der Waals surface area contributed by atoms with Crippen molar-refractivity contribution >= 4 is 5.97 Å². The topological polar surface area (TPSA) is 102 Å². The number of hydrogen-bond acceptors (Lipinski definition) is 4. The average molecular weight is 251 g/mol. The second-order valence-corrected chi connectivity index (χ2v) is 4.88. The fourth-order valence-corrected chi connectivity index (χ4v) is 2.03. The van der Waals surface area contributed by atoms with Gasteiger partial charge in [0.1, 0.15) is 5.69 Å². The molecule has 0 bridgehead atoms. The second kappa shape index (κ2) is 6.47. The summed E-state index contributed by atoms with van der Waals surface area (Å²) < 4.78 is 0. The van der Waals surface area contributed by atoms with Gasteiger partial charge in [0.05, 0.1) is 0 Å². The summed E-state index contributed by atoms with van der Waals surface area (Å²) in [6.45, 7) is 3.85. The van der Waals surface area contributed by atoms with E-state index in [-0.39, 0.29) is 23.7 Å². The van der Waals surface area contributed by atoms with E-state index >= 15 is 0 Å². The van der Waals surface area contributed by atoms with E-state index in [4.69, 9.17) is 16.6 Å². The van der Waals surface area contributed by atoms with E-state index in [1.807, 2.05) is 19.9 Å². The molecule has 0 amide bonds. The van der Waals surface area contributed by atoms with Gasteiger partial charge in [0.15, 0.2) is 0 Å². The molecule has 1 aromatic rings. The third-order valence-corrected chi connectivity index (χ3v) is 2.72. The van der Waals surface area contributed by atoms with Crippen molar-refractivity contribution in [1.82, 2.24) is 4.98 Å². The van der Waals surface area contributed by atoms with Crippen LogP contribution in [0.2, 0.25) is 0 Å². The molecule has 2 atom stereocenters. The number of carboxylic acid groups (broad SMARTS) is 1. The molecule has 0 fully saturated rings. The Morgan fingerprint density at radius 3 is 2.28 bits per heavy atom. The van der Waals surface area contributed by atoms with Gasteiger partial charge in [-0.05, 0) is 38.8 Å². The second-order valence-electron chi connectivity index (χ2n) is 4.88. The summed E-state index contributed by atoms with van der Waals surface area (Å²) >= 11 is 0. The number of hydrogen-bond donors (Lipinski definition) is 3. The number of pyridine rings is 1. The van der Waals surface area contributed by atoms with Gasteiger partial charge >= 0.3 is 5.97 Å². The molecule has 1 aromatic heterocycles. The van der Waals surface area contributed by atoms with Crippen molar-refractivity contribution in [3.8, 4) is 0 Å². The van der Waals surface area contributed by atoms with E-state index in [1.165, 1.54) is 6.07 Å². The monoisotopic (exact) mass is 251 g/mol. The number of rotatable bonds is 6. The molecule has 0 aliphatic carbocycles. The van der Waals surface area contributed by atoms with E-state index in [0.29, 0.717) is 0 Å². The number of aromatic carboxylic acids is 1. The Balaban J connectivity index is 2.96. The largest absolute Gasteiger partial charge is 0.477 e. The van der Waals surface area contributed by atoms with E-state index in [1.54, 1.807) is 6.07 Å². The molecule has 2 unspecified atom stereocenters. The summed E-state index contributed by atoms with van der Waals surface area (Å²) in [6, 6.07) is 5.09. The molecular formula is C13H21N3O2. The third-order valence-electron chi connectivity index (χ3n) is 2.72. The highest BCUT2D eigenvalue weighted by Gasteiger charge is 2.18. The van der Waals surface area contributed by atoms with Gasteiger partial charge in [-0.25, -0.2) is 9.78 Å². The van der Waals surface area contributed by atoms with Crippen LogP contribution >= 0.6 is 0 Å². The van der Waals surface area contributed by atoms with Gasteiger partial charge in [-0.15, -0.1) is 0 Å². The van der Waals surface area contributed by atoms with Crippen molar-refractivity contribution in [1.29, 1.82) is 0 Å². The van der Waals surface area contributed by atoms with Crippen LogP contribution in [0.4, 0.5) is 0 Å². The number of aromatic nitrogens is 1. The van der Waals surface area contributed by atoms with Gasteiger partial charge < -0.3 is 16.6 Å². The molecule has 0 saturated carbocycles. The molecule has 0 aromatic carbocycles. The zero-order chi connectivity index (χ0) is 13.7. The van der Waals surface area contributed by atoms with Crippen LogP contribution in [-0.2, 0) is 0 Å². The summed E-state index contributed by atoms with van der Waals surface area (Å²) in [4.78, 5) is 15.1. The van der Waals surface area contributed by atoms with Crippen molar-refractivity contribution in [2.24, 2.45) is 11.5 Å². The zero-order valence-electron chi connectivity index (χ0n) is 10.8. The first-order valence-corrected chi connectivity index (χ1v) is 6.11. The van der Waals surface area contributed by atoms with Crippen molar-refractivity contribution in [3.63, 3.8) is 0 Å². The Bertz CT molecular complexity index is 395. The van der Waals surface area contributed by atoms with Crippen molar-refractivity contribution in [3.05, 3.63) is 29.6 Å². The minimum Gasteiger partial charge on any atom is -0.477 e. The number of nitrogens with zero attached hydrogens (tertiary/aromatic N) is 1. The number of carboxylic acids is 1. The predicted octanol–water partition coefficient (Wildman–Crippen LogP) is 1.34. The fraction of sp³-hybridized carbons (Fsp3) is 0.538. The van der Waals surface area contributed by atoms with Gasteiger partial charge in [-0.2, -0.15) is 0 Å². The fourth-order valence-electron chi connectivity index (χ4n) is 2.03. The van der Waals surface area contributed by atoms with Crippen LogP contribution in [-0.4, -0.2) is 28.1 Å². The summed E-state index contributed by atoms with van der Waals surface area (Å²) in [5, 5.41) is 8.94. The summed E-state index contributed by atoms with van der Waals surface area (Å²) in [6.07, 6.45) is 1.50. The minimum absolute atomic E-state index is 0.0315. The molecule has 0 spiro atoms. The maximum Gasteiger partial charge on any atom is 0.354 e. The molecule has 5 heteroatoms. The third kappa shape index (κ3) is 4.43. The highest BCUT2D eigenvalue weighted by Crippen LogP contribution is 2.24. The Morgan fingerprint density at radius 1 is 1.28 bits per heavy atom. The zero-order valence-corrected chi connectivity index (χ0v) is 10.8. The normalized spacial score (nSPS) is 16.0. The maximum atomic E-state index is 10.9. The molecule has 0 radical (unpaired) electrons. The molecule has 0 aliphatic heterocycles.